The zero-order valence-corrected chi connectivity index (χ0v) is 24.6. The molecule has 0 saturated carbocycles. The van der Waals surface area contributed by atoms with Crippen molar-refractivity contribution in [3.05, 3.63) is 107 Å². The first kappa shape index (κ1) is 27.7. The molecule has 42 heavy (non-hydrogen) atoms. The molecule has 1 aliphatic heterocycles. The molecule has 0 radical (unpaired) electrons. The lowest BCUT2D eigenvalue weighted by atomic mass is 9.96. The van der Waals surface area contributed by atoms with Crippen LogP contribution in [0.5, 0.6) is 5.75 Å². The number of pyridine rings is 1. The van der Waals surface area contributed by atoms with Crippen LogP contribution < -0.4 is 9.64 Å². The number of hydrogen-bond donors (Lipinski definition) is 1. The van der Waals surface area contributed by atoms with Gasteiger partial charge in [0.1, 0.15) is 17.1 Å². The molecule has 1 amide bonds. The number of carbonyl (C=O) groups excluding carboxylic acids is 2. The van der Waals surface area contributed by atoms with Crippen LogP contribution in [0.3, 0.4) is 0 Å². The van der Waals surface area contributed by atoms with Crippen LogP contribution in [-0.2, 0) is 15.3 Å². The number of hydrogen-bond acceptors (Lipinski definition) is 9. The van der Waals surface area contributed by atoms with Crippen molar-refractivity contribution in [1.29, 1.82) is 0 Å². The van der Waals surface area contributed by atoms with Crippen molar-refractivity contribution in [1.82, 2.24) is 19.6 Å². The van der Waals surface area contributed by atoms with E-state index in [1.165, 1.54) is 28.0 Å². The number of aliphatic hydroxyl groups excluding tert-OH is 1. The molecular weight excluding hydrogens is 571 g/mol. The Morgan fingerprint density at radius 1 is 1.05 bits per heavy atom. The van der Waals surface area contributed by atoms with E-state index in [9.17, 15) is 14.7 Å². The summed E-state index contributed by atoms with van der Waals surface area (Å²) in [4.78, 5) is 33.3. The highest BCUT2D eigenvalue weighted by Crippen LogP contribution is 2.45. The maximum Gasteiger partial charge on any atom is 0.301 e. The lowest BCUT2D eigenvalue weighted by Crippen LogP contribution is -2.29. The Labute approximate surface area is 250 Å². The summed E-state index contributed by atoms with van der Waals surface area (Å²) in [5.41, 5.74) is 3.18. The number of Topliss-reactive ketones (excluding diaryl/α,β-unsaturated/α-hetero) is 1. The van der Waals surface area contributed by atoms with Gasteiger partial charge in [0.05, 0.1) is 23.9 Å². The van der Waals surface area contributed by atoms with Crippen LogP contribution in [0.2, 0.25) is 0 Å². The van der Waals surface area contributed by atoms with Gasteiger partial charge < -0.3 is 9.84 Å². The molecule has 11 heteroatoms. The van der Waals surface area contributed by atoms with E-state index >= 15 is 0 Å². The normalized spacial score (nSPS) is 16.4. The molecule has 0 aliphatic carbocycles. The third kappa shape index (κ3) is 5.17. The van der Waals surface area contributed by atoms with Crippen LogP contribution in [0.25, 0.3) is 11.4 Å². The highest BCUT2D eigenvalue weighted by molar-refractivity contribution is 8.00. The number of aliphatic hydroxyl groups is 1. The highest BCUT2D eigenvalue weighted by Gasteiger charge is 2.49. The Morgan fingerprint density at radius 3 is 2.67 bits per heavy atom. The minimum atomic E-state index is -0.955. The Hall–Kier alpha value is -4.48. The number of rotatable bonds is 9. The summed E-state index contributed by atoms with van der Waals surface area (Å²) in [6.07, 6.45) is 2.58. The predicted octanol–water partition coefficient (Wildman–Crippen LogP) is 6.20. The number of fused-ring (bicyclic) bond motifs is 1. The topological polar surface area (TPSA) is 110 Å². The highest BCUT2D eigenvalue weighted by atomic mass is 32.2. The van der Waals surface area contributed by atoms with Crippen molar-refractivity contribution in [2.75, 3.05) is 11.5 Å². The van der Waals surface area contributed by atoms with Gasteiger partial charge in [-0.1, -0.05) is 78.6 Å². The molecule has 1 unspecified atom stereocenters. The number of ketones is 1. The van der Waals surface area contributed by atoms with Crippen molar-refractivity contribution >= 4 is 51.3 Å². The second-order valence-corrected chi connectivity index (χ2v) is 11.9. The van der Waals surface area contributed by atoms with Gasteiger partial charge in [-0.15, -0.1) is 10.2 Å². The molecular formula is C31H27N5O4S2. The van der Waals surface area contributed by atoms with Crippen LogP contribution in [0.1, 0.15) is 41.9 Å². The zero-order valence-electron chi connectivity index (χ0n) is 22.9. The molecule has 5 aromatic rings. The number of nitrogens with zero attached hydrogens (tertiary/aromatic N) is 5. The van der Waals surface area contributed by atoms with Crippen LogP contribution in [-0.4, -0.2) is 43.0 Å². The van der Waals surface area contributed by atoms with Gasteiger partial charge in [-0.05, 0) is 48.7 Å². The van der Waals surface area contributed by atoms with E-state index in [4.69, 9.17) is 4.74 Å². The molecule has 1 fully saturated rings. The van der Waals surface area contributed by atoms with E-state index < -0.39 is 17.7 Å². The Bertz CT molecular complexity index is 1810. The van der Waals surface area contributed by atoms with E-state index in [1.54, 1.807) is 29.7 Å². The van der Waals surface area contributed by atoms with E-state index in [2.05, 4.69) is 15.2 Å². The van der Waals surface area contributed by atoms with Crippen molar-refractivity contribution < 1.29 is 19.4 Å². The SMILES string of the molecule is CCCOc1cccc(C2C(=C(O)c3c(C)nc4ccccn34)C(=O)C(=O)N2c2nnc(SCc3ccccc3)s2)c1. The summed E-state index contributed by atoms with van der Waals surface area (Å²) in [7, 11) is 0. The largest absolute Gasteiger partial charge is 0.505 e. The summed E-state index contributed by atoms with van der Waals surface area (Å²) < 4.78 is 8.23. The second-order valence-electron chi connectivity index (χ2n) is 9.69. The smallest absolute Gasteiger partial charge is 0.301 e. The number of imidazole rings is 1. The van der Waals surface area contributed by atoms with Gasteiger partial charge >= 0.3 is 5.91 Å². The van der Waals surface area contributed by atoms with Crippen molar-refractivity contribution in [2.24, 2.45) is 0 Å². The molecule has 9 nitrogen and oxygen atoms in total. The number of amides is 1. The summed E-state index contributed by atoms with van der Waals surface area (Å²) in [6.45, 7) is 4.29. The summed E-state index contributed by atoms with van der Waals surface area (Å²) in [5.74, 6) is -0.621. The molecule has 0 spiro atoms. The first-order chi connectivity index (χ1) is 20.5. The summed E-state index contributed by atoms with van der Waals surface area (Å²) >= 11 is 2.73. The fraction of sp³-hybridized carbons (Fsp3) is 0.194. The molecule has 1 atom stereocenters. The number of benzene rings is 2. The fourth-order valence-electron chi connectivity index (χ4n) is 4.94. The molecule has 1 aliphatic rings. The number of ether oxygens (including phenoxy) is 1. The number of anilines is 1. The average Bonchev–Trinajstić information content (AvgIpc) is 3.69. The van der Waals surface area contributed by atoms with E-state index in [0.29, 0.717) is 45.0 Å². The van der Waals surface area contributed by atoms with Crippen molar-refractivity contribution in [2.45, 2.75) is 36.4 Å². The first-order valence-electron chi connectivity index (χ1n) is 13.4. The molecule has 2 aromatic carbocycles. The number of thioether (sulfide) groups is 1. The second kappa shape index (κ2) is 11.8. The maximum absolute atomic E-state index is 13.7. The molecule has 6 rings (SSSR count). The quantitative estimate of drug-likeness (QED) is 0.0703. The van der Waals surface area contributed by atoms with Gasteiger partial charge in [-0.3, -0.25) is 18.9 Å². The first-order valence-corrected chi connectivity index (χ1v) is 15.2. The molecule has 4 heterocycles. The lowest BCUT2D eigenvalue weighted by Gasteiger charge is -2.23. The minimum Gasteiger partial charge on any atom is -0.505 e. The van der Waals surface area contributed by atoms with Gasteiger partial charge in [-0.25, -0.2) is 4.98 Å². The fourth-order valence-corrected chi connectivity index (χ4v) is 6.77. The van der Waals surface area contributed by atoms with Crippen LogP contribution in [0.15, 0.2) is 88.9 Å². The van der Waals surface area contributed by atoms with Gasteiger partial charge in [0, 0.05) is 11.9 Å². The predicted molar refractivity (Wildman–Crippen MR) is 163 cm³/mol. The number of carbonyl (C=O) groups is 2. The van der Waals surface area contributed by atoms with Crippen molar-refractivity contribution in [3.8, 4) is 5.75 Å². The molecule has 1 N–H and O–H groups in total. The van der Waals surface area contributed by atoms with E-state index in [0.717, 1.165) is 12.0 Å². The van der Waals surface area contributed by atoms with Crippen LogP contribution >= 0.6 is 23.1 Å². The number of aromatic nitrogens is 4. The average molecular weight is 598 g/mol. The minimum absolute atomic E-state index is 0.0462. The van der Waals surface area contributed by atoms with Gasteiger partial charge in [0.15, 0.2) is 10.1 Å². The maximum atomic E-state index is 13.7. The molecule has 3 aromatic heterocycles. The van der Waals surface area contributed by atoms with Crippen LogP contribution in [0, 0.1) is 6.92 Å². The van der Waals surface area contributed by atoms with Gasteiger partial charge in [-0.2, -0.15) is 0 Å². The van der Waals surface area contributed by atoms with E-state index in [1.807, 2.05) is 67.6 Å². The third-order valence-electron chi connectivity index (χ3n) is 6.83. The lowest BCUT2D eigenvalue weighted by molar-refractivity contribution is -0.132. The summed E-state index contributed by atoms with van der Waals surface area (Å²) in [6, 6.07) is 21.7. The van der Waals surface area contributed by atoms with Crippen molar-refractivity contribution in [3.63, 3.8) is 0 Å². The third-order valence-corrected chi connectivity index (χ3v) is 8.95. The van der Waals surface area contributed by atoms with E-state index in [-0.39, 0.29) is 16.5 Å². The molecule has 1 saturated heterocycles. The molecule has 0 bridgehead atoms. The molecule has 212 valence electrons. The van der Waals surface area contributed by atoms with Crippen LogP contribution in [0.4, 0.5) is 5.13 Å². The standard InChI is InChI=1S/C31H27N5O4S2/c1-3-16-40-22-13-9-12-21(17-22)26-24(27(37)25-19(2)32-23-14-7-8-15-35(23)25)28(38)29(39)36(26)30-33-34-31(42-30)41-18-20-10-5-4-6-11-20/h4-15,17,26,37H,3,16,18H2,1-2H3. The number of aryl methyl sites for hydroxylation is 1. The Balaban J connectivity index is 1.45. The van der Waals surface area contributed by atoms with Gasteiger partial charge in [0.25, 0.3) is 5.78 Å². The van der Waals surface area contributed by atoms with Gasteiger partial charge in [0.2, 0.25) is 5.13 Å². The monoisotopic (exact) mass is 597 g/mol. The summed E-state index contributed by atoms with van der Waals surface area (Å²) in [5, 5.41) is 20.6. The Morgan fingerprint density at radius 2 is 1.86 bits per heavy atom. The zero-order chi connectivity index (χ0) is 29.2. The Kier molecular flexibility index (Phi) is 7.77.